The summed E-state index contributed by atoms with van der Waals surface area (Å²) in [5.41, 5.74) is 2.14. The highest BCUT2D eigenvalue weighted by molar-refractivity contribution is 5.79. The molecule has 2 N–H and O–H groups in total. The van der Waals surface area contributed by atoms with Crippen molar-refractivity contribution in [1.82, 2.24) is 10.6 Å². The molecule has 0 fully saturated rings. The van der Waals surface area contributed by atoms with Crippen LogP contribution in [-0.4, -0.2) is 39.4 Å². The zero-order valence-corrected chi connectivity index (χ0v) is 17.3. The lowest BCUT2D eigenvalue weighted by molar-refractivity contribution is 0.146. The molecular formula is C23H31N3O3. The summed E-state index contributed by atoms with van der Waals surface area (Å²) in [5, 5.41) is 6.64. The van der Waals surface area contributed by atoms with E-state index in [-0.39, 0.29) is 0 Å². The van der Waals surface area contributed by atoms with Gasteiger partial charge in [0, 0.05) is 25.8 Å². The molecule has 0 atom stereocenters. The highest BCUT2D eigenvalue weighted by Crippen LogP contribution is 2.18. The van der Waals surface area contributed by atoms with Gasteiger partial charge in [-0.15, -0.1) is 0 Å². The first-order valence-electron chi connectivity index (χ1n) is 9.81. The summed E-state index contributed by atoms with van der Waals surface area (Å²) in [6, 6.07) is 15.9. The fraction of sp³-hybridized carbons (Fsp3) is 0.348. The molecule has 0 heterocycles. The third kappa shape index (κ3) is 8.27. The molecule has 6 heteroatoms. The molecule has 2 aromatic carbocycles. The van der Waals surface area contributed by atoms with Crippen molar-refractivity contribution >= 4 is 5.96 Å². The Morgan fingerprint density at radius 3 is 2.72 bits per heavy atom. The number of ether oxygens (including phenoxy) is 3. The first kappa shape index (κ1) is 22.3. The third-order valence-electron chi connectivity index (χ3n) is 3.99. The molecule has 0 radical (unpaired) electrons. The summed E-state index contributed by atoms with van der Waals surface area (Å²) in [6.07, 6.45) is 1.74. The molecule has 29 heavy (non-hydrogen) atoms. The maximum absolute atomic E-state index is 5.72. The first-order chi connectivity index (χ1) is 14.3. The molecule has 0 unspecified atom stereocenters. The Balaban J connectivity index is 1.98. The molecule has 0 amide bonds. The summed E-state index contributed by atoms with van der Waals surface area (Å²) in [6.45, 7) is 9.25. The number of hydrogen-bond donors (Lipinski definition) is 2. The number of rotatable bonds is 12. The van der Waals surface area contributed by atoms with E-state index in [1.54, 1.807) is 13.2 Å². The number of nitrogens with one attached hydrogen (secondary N) is 2. The van der Waals surface area contributed by atoms with Crippen LogP contribution >= 0.6 is 0 Å². The molecule has 0 aromatic heterocycles. The average Bonchev–Trinajstić information content (AvgIpc) is 2.75. The van der Waals surface area contributed by atoms with Gasteiger partial charge in [0.15, 0.2) is 5.96 Å². The quantitative estimate of drug-likeness (QED) is 0.248. The van der Waals surface area contributed by atoms with Crippen molar-refractivity contribution in [3.8, 4) is 11.5 Å². The predicted octanol–water partition coefficient (Wildman–Crippen LogP) is 3.53. The van der Waals surface area contributed by atoms with E-state index in [1.165, 1.54) is 0 Å². The van der Waals surface area contributed by atoms with Crippen LogP contribution in [0.3, 0.4) is 0 Å². The van der Waals surface area contributed by atoms with Gasteiger partial charge >= 0.3 is 0 Å². The van der Waals surface area contributed by atoms with Crippen LogP contribution in [0.4, 0.5) is 0 Å². The first-order valence-corrected chi connectivity index (χ1v) is 9.81. The lowest BCUT2D eigenvalue weighted by Crippen LogP contribution is -2.36. The highest BCUT2D eigenvalue weighted by atomic mass is 16.5. The minimum Gasteiger partial charge on any atom is -0.491 e. The lowest BCUT2D eigenvalue weighted by atomic mass is 10.2. The van der Waals surface area contributed by atoms with Crippen LogP contribution in [0.15, 0.2) is 66.2 Å². The van der Waals surface area contributed by atoms with Crippen LogP contribution in [-0.2, 0) is 17.8 Å². The van der Waals surface area contributed by atoms with E-state index in [4.69, 9.17) is 14.2 Å². The van der Waals surface area contributed by atoms with Gasteiger partial charge in [0.1, 0.15) is 24.7 Å². The normalized spacial score (nSPS) is 11.0. The summed E-state index contributed by atoms with van der Waals surface area (Å²) in [4.78, 5) is 4.69. The smallest absolute Gasteiger partial charge is 0.191 e. The Bertz CT molecular complexity index is 777. The number of aliphatic imine (C=N–C) groups is 1. The minimum atomic E-state index is 0.480. The van der Waals surface area contributed by atoms with E-state index in [0.717, 1.165) is 35.1 Å². The van der Waals surface area contributed by atoms with E-state index in [1.807, 2.05) is 55.5 Å². The van der Waals surface area contributed by atoms with Gasteiger partial charge in [0.2, 0.25) is 0 Å². The second-order valence-electron chi connectivity index (χ2n) is 6.24. The summed E-state index contributed by atoms with van der Waals surface area (Å²) in [7, 11) is 1.66. The van der Waals surface area contributed by atoms with Crippen LogP contribution in [0.5, 0.6) is 11.5 Å². The van der Waals surface area contributed by atoms with Crippen LogP contribution in [0, 0.1) is 0 Å². The molecule has 0 spiro atoms. The molecule has 156 valence electrons. The van der Waals surface area contributed by atoms with E-state index in [0.29, 0.717) is 32.9 Å². The van der Waals surface area contributed by atoms with E-state index < -0.39 is 0 Å². The second kappa shape index (κ2) is 13.2. The number of hydrogen-bond acceptors (Lipinski definition) is 4. The zero-order valence-electron chi connectivity index (χ0n) is 17.3. The Morgan fingerprint density at radius 1 is 1.07 bits per heavy atom. The van der Waals surface area contributed by atoms with Gasteiger partial charge in [-0.05, 0) is 30.7 Å². The molecule has 2 aromatic rings. The van der Waals surface area contributed by atoms with Crippen LogP contribution in [0.2, 0.25) is 0 Å². The van der Waals surface area contributed by atoms with Gasteiger partial charge in [-0.1, -0.05) is 43.0 Å². The van der Waals surface area contributed by atoms with Crippen LogP contribution in [0.25, 0.3) is 0 Å². The van der Waals surface area contributed by atoms with Crippen molar-refractivity contribution < 1.29 is 14.2 Å². The van der Waals surface area contributed by atoms with Crippen molar-refractivity contribution in [1.29, 1.82) is 0 Å². The summed E-state index contributed by atoms with van der Waals surface area (Å²) < 4.78 is 16.4. The predicted molar refractivity (Wildman–Crippen MR) is 118 cm³/mol. The van der Waals surface area contributed by atoms with Gasteiger partial charge in [-0.3, -0.25) is 0 Å². The van der Waals surface area contributed by atoms with Gasteiger partial charge in [-0.2, -0.15) is 0 Å². The molecule has 2 rings (SSSR count). The third-order valence-corrected chi connectivity index (χ3v) is 3.99. The number of guanidine groups is 1. The summed E-state index contributed by atoms with van der Waals surface area (Å²) >= 11 is 0. The monoisotopic (exact) mass is 397 g/mol. The second-order valence-corrected chi connectivity index (χ2v) is 6.24. The molecule has 0 bridgehead atoms. The Labute approximate surface area is 173 Å². The molecule has 0 aliphatic rings. The van der Waals surface area contributed by atoms with Crippen molar-refractivity contribution in [2.24, 2.45) is 4.99 Å². The van der Waals surface area contributed by atoms with Gasteiger partial charge < -0.3 is 24.8 Å². The molecule has 0 aliphatic carbocycles. The molecule has 0 saturated carbocycles. The maximum Gasteiger partial charge on any atom is 0.191 e. The van der Waals surface area contributed by atoms with Gasteiger partial charge in [0.05, 0.1) is 13.2 Å². The largest absolute Gasteiger partial charge is 0.491 e. The fourth-order valence-corrected chi connectivity index (χ4v) is 2.61. The van der Waals surface area contributed by atoms with Crippen LogP contribution < -0.4 is 20.1 Å². The minimum absolute atomic E-state index is 0.480. The number of benzene rings is 2. The standard InChI is InChI=1S/C23H31N3O3/c1-4-13-29-22-12-7-6-10-20(22)18-26-23(24-5-2)25-17-19-9-8-11-21(16-19)28-15-14-27-3/h4,6-12,16H,1,5,13-15,17-18H2,2-3H3,(H2,24,25,26). The number of methoxy groups -OCH3 is 1. The topological polar surface area (TPSA) is 64.1 Å². The molecular weight excluding hydrogens is 366 g/mol. The molecule has 6 nitrogen and oxygen atoms in total. The van der Waals surface area contributed by atoms with E-state index in [9.17, 15) is 0 Å². The van der Waals surface area contributed by atoms with Crippen molar-refractivity contribution in [2.75, 3.05) is 33.5 Å². The number of nitrogens with zero attached hydrogens (tertiary/aromatic N) is 1. The number of para-hydroxylation sites is 1. The Morgan fingerprint density at radius 2 is 1.93 bits per heavy atom. The van der Waals surface area contributed by atoms with Crippen molar-refractivity contribution in [3.63, 3.8) is 0 Å². The van der Waals surface area contributed by atoms with Crippen molar-refractivity contribution in [2.45, 2.75) is 20.0 Å². The molecule has 0 saturated heterocycles. The van der Waals surface area contributed by atoms with Crippen molar-refractivity contribution in [3.05, 3.63) is 72.3 Å². The Kier molecular flexibility index (Phi) is 10.2. The van der Waals surface area contributed by atoms with E-state index >= 15 is 0 Å². The summed E-state index contributed by atoms with van der Waals surface area (Å²) in [5.74, 6) is 2.41. The maximum atomic E-state index is 5.72. The van der Waals surface area contributed by atoms with Gasteiger partial charge in [0.25, 0.3) is 0 Å². The highest BCUT2D eigenvalue weighted by Gasteiger charge is 2.04. The fourth-order valence-electron chi connectivity index (χ4n) is 2.61. The van der Waals surface area contributed by atoms with Crippen LogP contribution in [0.1, 0.15) is 18.1 Å². The van der Waals surface area contributed by atoms with Gasteiger partial charge in [-0.25, -0.2) is 4.99 Å². The van der Waals surface area contributed by atoms with E-state index in [2.05, 4.69) is 22.2 Å². The molecule has 0 aliphatic heterocycles. The SMILES string of the molecule is C=CCOc1ccccc1CNC(=NCc1cccc(OCCOC)c1)NCC. The average molecular weight is 398 g/mol. The Hall–Kier alpha value is -2.99. The lowest BCUT2D eigenvalue weighted by Gasteiger charge is -2.14. The zero-order chi connectivity index (χ0) is 20.7.